The van der Waals surface area contributed by atoms with Crippen molar-refractivity contribution in [2.75, 3.05) is 20.6 Å². The minimum atomic E-state index is -4.04. The van der Waals surface area contributed by atoms with Crippen molar-refractivity contribution in [3.63, 3.8) is 0 Å². The standard InChI is InChI=1S/C14H16ClN3O4S2/c1-17(2)12(13-4-3-7-23-13)9-16-24(21,22)14-6-5-10(15)8-11(14)18(19)20/h3-8,12,16H,9H2,1-2H3. The summed E-state index contributed by atoms with van der Waals surface area (Å²) < 4.78 is 27.4. The lowest BCUT2D eigenvalue weighted by Gasteiger charge is -2.23. The fraction of sp³-hybridized carbons (Fsp3) is 0.286. The van der Waals surface area contributed by atoms with Gasteiger partial charge in [0.15, 0.2) is 4.90 Å². The van der Waals surface area contributed by atoms with E-state index in [0.29, 0.717) is 0 Å². The molecule has 0 aliphatic rings. The Morgan fingerprint density at radius 3 is 2.62 bits per heavy atom. The summed E-state index contributed by atoms with van der Waals surface area (Å²) in [4.78, 5) is 12.8. The summed E-state index contributed by atoms with van der Waals surface area (Å²) >= 11 is 7.24. The molecule has 24 heavy (non-hydrogen) atoms. The second kappa shape index (κ2) is 7.58. The molecule has 1 N–H and O–H groups in total. The Hall–Kier alpha value is -1.52. The average Bonchev–Trinajstić information content (AvgIpc) is 3.00. The molecule has 1 aromatic carbocycles. The first-order valence-electron chi connectivity index (χ1n) is 6.86. The van der Waals surface area contributed by atoms with Crippen molar-refractivity contribution >= 4 is 38.6 Å². The van der Waals surface area contributed by atoms with E-state index in [2.05, 4.69) is 4.72 Å². The monoisotopic (exact) mass is 389 g/mol. The number of sulfonamides is 1. The number of benzene rings is 1. The van der Waals surface area contributed by atoms with E-state index in [1.165, 1.54) is 17.4 Å². The molecule has 0 aliphatic heterocycles. The summed E-state index contributed by atoms with van der Waals surface area (Å²) in [6.45, 7) is 0.0929. The molecule has 130 valence electrons. The molecule has 0 spiro atoms. The van der Waals surface area contributed by atoms with Crippen molar-refractivity contribution < 1.29 is 13.3 Å². The highest BCUT2D eigenvalue weighted by atomic mass is 35.5. The summed E-state index contributed by atoms with van der Waals surface area (Å²) in [5.74, 6) is 0. The number of nitrogens with zero attached hydrogens (tertiary/aromatic N) is 2. The predicted molar refractivity (Wildman–Crippen MR) is 94.0 cm³/mol. The Morgan fingerprint density at radius 1 is 1.38 bits per heavy atom. The van der Waals surface area contributed by atoms with E-state index in [1.807, 2.05) is 36.5 Å². The quantitative estimate of drug-likeness (QED) is 0.580. The highest BCUT2D eigenvalue weighted by Gasteiger charge is 2.27. The van der Waals surface area contributed by atoms with Crippen LogP contribution in [-0.2, 0) is 10.0 Å². The van der Waals surface area contributed by atoms with Crippen LogP contribution in [0, 0.1) is 10.1 Å². The second-order valence-corrected chi connectivity index (χ2v) is 8.37. The van der Waals surface area contributed by atoms with Crippen LogP contribution < -0.4 is 4.72 Å². The van der Waals surface area contributed by atoms with Crippen LogP contribution in [0.2, 0.25) is 5.02 Å². The molecule has 10 heteroatoms. The third-order valence-electron chi connectivity index (χ3n) is 3.37. The lowest BCUT2D eigenvalue weighted by molar-refractivity contribution is -0.387. The molecule has 1 unspecified atom stereocenters. The zero-order chi connectivity index (χ0) is 17.9. The first-order chi connectivity index (χ1) is 11.2. The van der Waals surface area contributed by atoms with Gasteiger partial charge < -0.3 is 4.90 Å². The number of nitro groups is 1. The maximum absolute atomic E-state index is 12.5. The van der Waals surface area contributed by atoms with Gasteiger partial charge in [-0.15, -0.1) is 11.3 Å². The largest absolute Gasteiger partial charge is 0.300 e. The van der Waals surface area contributed by atoms with Crippen LogP contribution in [-0.4, -0.2) is 38.9 Å². The summed E-state index contributed by atoms with van der Waals surface area (Å²) in [6, 6.07) is 7.10. The molecule has 1 aromatic heterocycles. The number of rotatable bonds is 7. The molecule has 0 radical (unpaired) electrons. The van der Waals surface area contributed by atoms with Crippen LogP contribution >= 0.6 is 22.9 Å². The van der Waals surface area contributed by atoms with Crippen LogP contribution in [0.4, 0.5) is 5.69 Å². The molecular formula is C14H16ClN3O4S2. The fourth-order valence-electron chi connectivity index (χ4n) is 2.15. The van der Waals surface area contributed by atoms with E-state index in [9.17, 15) is 18.5 Å². The van der Waals surface area contributed by atoms with Crippen molar-refractivity contribution in [1.82, 2.24) is 9.62 Å². The van der Waals surface area contributed by atoms with Crippen LogP contribution in [0.15, 0.2) is 40.6 Å². The third-order valence-corrected chi connectivity index (χ3v) is 6.05. The Balaban J connectivity index is 2.27. The third kappa shape index (κ3) is 4.31. The van der Waals surface area contributed by atoms with Gasteiger partial charge in [0.2, 0.25) is 10.0 Å². The van der Waals surface area contributed by atoms with Crippen molar-refractivity contribution in [3.8, 4) is 0 Å². The molecule has 0 saturated heterocycles. The Morgan fingerprint density at radius 2 is 2.08 bits per heavy atom. The molecule has 2 rings (SSSR count). The van der Waals surface area contributed by atoms with E-state index in [0.717, 1.165) is 17.0 Å². The van der Waals surface area contributed by atoms with Crippen molar-refractivity contribution in [3.05, 3.63) is 55.7 Å². The van der Waals surface area contributed by atoms with Crippen LogP contribution in [0.3, 0.4) is 0 Å². The molecular weight excluding hydrogens is 374 g/mol. The Kier molecular flexibility index (Phi) is 5.94. The Labute approximate surface area is 149 Å². The zero-order valence-corrected chi connectivity index (χ0v) is 15.4. The molecule has 2 aromatic rings. The van der Waals surface area contributed by atoms with Crippen LogP contribution in [0.25, 0.3) is 0 Å². The molecule has 0 amide bonds. The SMILES string of the molecule is CN(C)C(CNS(=O)(=O)c1ccc(Cl)cc1[N+](=O)[O-])c1cccs1. The number of halogens is 1. The molecule has 7 nitrogen and oxygen atoms in total. The first kappa shape index (κ1) is 18.8. The van der Waals surface area contributed by atoms with Crippen molar-refractivity contribution in [2.24, 2.45) is 0 Å². The minimum absolute atomic E-state index is 0.0929. The van der Waals surface area contributed by atoms with Gasteiger partial charge in [-0.25, -0.2) is 13.1 Å². The average molecular weight is 390 g/mol. The highest BCUT2D eigenvalue weighted by molar-refractivity contribution is 7.89. The van der Waals surface area contributed by atoms with Crippen molar-refractivity contribution in [2.45, 2.75) is 10.9 Å². The van der Waals surface area contributed by atoms with Gasteiger partial charge in [-0.2, -0.15) is 0 Å². The van der Waals surface area contributed by atoms with Gasteiger partial charge in [0.05, 0.1) is 11.0 Å². The number of nitrogens with one attached hydrogen (secondary N) is 1. The smallest absolute Gasteiger partial charge is 0.290 e. The van der Waals surface area contributed by atoms with E-state index >= 15 is 0 Å². The minimum Gasteiger partial charge on any atom is -0.300 e. The number of hydrogen-bond donors (Lipinski definition) is 1. The van der Waals surface area contributed by atoms with Gasteiger partial charge in [-0.1, -0.05) is 17.7 Å². The molecule has 0 fully saturated rings. The summed E-state index contributed by atoms with van der Waals surface area (Å²) in [5, 5.41) is 13.1. The van der Waals surface area contributed by atoms with Gasteiger partial charge in [-0.3, -0.25) is 10.1 Å². The van der Waals surface area contributed by atoms with E-state index < -0.39 is 25.5 Å². The highest BCUT2D eigenvalue weighted by Crippen LogP contribution is 2.28. The number of nitro benzene ring substituents is 1. The maximum atomic E-state index is 12.5. The molecule has 0 bridgehead atoms. The Bertz CT molecular complexity index is 823. The predicted octanol–water partition coefficient (Wildman–Crippen LogP) is 2.89. The van der Waals surface area contributed by atoms with E-state index in [1.54, 1.807) is 0 Å². The van der Waals surface area contributed by atoms with Gasteiger partial charge >= 0.3 is 0 Å². The molecule has 1 heterocycles. The van der Waals surface area contributed by atoms with Crippen LogP contribution in [0.5, 0.6) is 0 Å². The summed E-state index contributed by atoms with van der Waals surface area (Å²) in [7, 11) is -0.371. The normalized spacial score (nSPS) is 13.2. The molecule has 1 atom stereocenters. The van der Waals surface area contributed by atoms with E-state index in [4.69, 9.17) is 11.6 Å². The van der Waals surface area contributed by atoms with Crippen LogP contribution in [0.1, 0.15) is 10.9 Å². The topological polar surface area (TPSA) is 92.6 Å². The van der Waals surface area contributed by atoms with Crippen molar-refractivity contribution in [1.29, 1.82) is 0 Å². The second-order valence-electron chi connectivity index (χ2n) is 5.22. The lowest BCUT2D eigenvalue weighted by atomic mass is 10.2. The van der Waals surface area contributed by atoms with Gasteiger partial charge in [0.1, 0.15) is 0 Å². The lowest BCUT2D eigenvalue weighted by Crippen LogP contribution is -2.34. The van der Waals surface area contributed by atoms with Gasteiger partial charge in [-0.05, 0) is 37.7 Å². The molecule has 0 saturated carbocycles. The summed E-state index contributed by atoms with van der Waals surface area (Å²) in [5.41, 5.74) is -0.549. The molecule has 0 aliphatic carbocycles. The summed E-state index contributed by atoms with van der Waals surface area (Å²) in [6.07, 6.45) is 0. The van der Waals surface area contributed by atoms with E-state index in [-0.39, 0.29) is 17.6 Å². The number of likely N-dealkylation sites (N-methyl/N-ethyl adjacent to an activating group) is 1. The first-order valence-corrected chi connectivity index (χ1v) is 9.60. The number of hydrogen-bond acceptors (Lipinski definition) is 6. The zero-order valence-electron chi connectivity index (χ0n) is 13.0. The maximum Gasteiger partial charge on any atom is 0.290 e. The van der Waals surface area contributed by atoms with Gasteiger partial charge in [0.25, 0.3) is 5.69 Å². The number of thiophene rings is 1. The fourth-order valence-corrected chi connectivity index (χ4v) is 4.42. The van der Waals surface area contributed by atoms with Gasteiger partial charge in [0, 0.05) is 22.5 Å².